The minimum atomic E-state index is 0.113. The smallest absolute Gasteiger partial charge is 0.264 e. The zero-order valence-corrected chi connectivity index (χ0v) is 16.2. The molecule has 1 fully saturated rings. The number of rotatable bonds is 3. The van der Waals surface area contributed by atoms with Crippen LogP contribution in [-0.4, -0.2) is 33.7 Å². The molecule has 0 spiro atoms. The fourth-order valence-corrected chi connectivity index (χ4v) is 4.62. The molecular weight excluding hydrogens is 366 g/mol. The van der Waals surface area contributed by atoms with Crippen molar-refractivity contribution in [2.24, 2.45) is 0 Å². The molecule has 4 nitrogen and oxygen atoms in total. The first-order chi connectivity index (χ1) is 12.5. The number of thiophene rings is 1. The zero-order chi connectivity index (χ0) is 18.3. The van der Waals surface area contributed by atoms with Gasteiger partial charge in [0, 0.05) is 23.5 Å². The molecule has 0 aliphatic carbocycles. The fraction of sp³-hybridized carbons (Fsp3) is 0.300. The SMILES string of the molecule is C=C1CCN(C(=O)c2cc3c(C)nn(Cc4ccccc4Cl)c3s2)CC1. The van der Waals surface area contributed by atoms with Crippen molar-refractivity contribution in [3.63, 3.8) is 0 Å². The summed E-state index contributed by atoms with van der Waals surface area (Å²) in [6.45, 7) is 8.12. The molecule has 1 amide bonds. The summed E-state index contributed by atoms with van der Waals surface area (Å²) < 4.78 is 1.95. The van der Waals surface area contributed by atoms with E-state index >= 15 is 0 Å². The van der Waals surface area contributed by atoms with Crippen LogP contribution in [0.4, 0.5) is 0 Å². The van der Waals surface area contributed by atoms with Gasteiger partial charge in [-0.15, -0.1) is 11.3 Å². The molecule has 1 aromatic carbocycles. The Bertz CT molecular complexity index is 994. The van der Waals surface area contributed by atoms with Gasteiger partial charge in [0.25, 0.3) is 5.91 Å². The number of aromatic nitrogens is 2. The Labute approximate surface area is 161 Å². The Morgan fingerprint density at radius 3 is 2.77 bits per heavy atom. The maximum atomic E-state index is 12.9. The lowest BCUT2D eigenvalue weighted by Crippen LogP contribution is -2.35. The molecule has 26 heavy (non-hydrogen) atoms. The van der Waals surface area contributed by atoms with Crippen LogP contribution in [0.25, 0.3) is 10.2 Å². The van der Waals surface area contributed by atoms with Crippen molar-refractivity contribution >= 4 is 39.1 Å². The average molecular weight is 386 g/mol. The van der Waals surface area contributed by atoms with E-state index in [1.807, 2.05) is 46.8 Å². The Morgan fingerprint density at radius 2 is 2.04 bits per heavy atom. The molecule has 0 atom stereocenters. The van der Waals surface area contributed by atoms with Gasteiger partial charge in [0.15, 0.2) is 0 Å². The number of likely N-dealkylation sites (tertiary alicyclic amines) is 1. The molecule has 0 radical (unpaired) electrons. The number of hydrogen-bond donors (Lipinski definition) is 0. The third-order valence-corrected chi connectivity index (χ3v) is 6.36. The second kappa shape index (κ2) is 6.89. The number of carbonyl (C=O) groups is 1. The van der Waals surface area contributed by atoms with Crippen molar-refractivity contribution in [1.82, 2.24) is 14.7 Å². The monoisotopic (exact) mass is 385 g/mol. The number of benzene rings is 1. The van der Waals surface area contributed by atoms with Crippen molar-refractivity contribution in [1.29, 1.82) is 0 Å². The first-order valence-electron chi connectivity index (χ1n) is 8.69. The first kappa shape index (κ1) is 17.3. The molecular formula is C20H20ClN3OS. The van der Waals surface area contributed by atoms with Gasteiger partial charge in [0.2, 0.25) is 0 Å². The van der Waals surface area contributed by atoms with E-state index in [2.05, 4.69) is 11.7 Å². The van der Waals surface area contributed by atoms with Crippen LogP contribution in [0, 0.1) is 6.92 Å². The summed E-state index contributed by atoms with van der Waals surface area (Å²) in [4.78, 5) is 16.6. The van der Waals surface area contributed by atoms with Gasteiger partial charge in [-0.2, -0.15) is 5.10 Å². The van der Waals surface area contributed by atoms with Crippen molar-refractivity contribution in [2.75, 3.05) is 13.1 Å². The first-order valence-corrected chi connectivity index (χ1v) is 9.88. The predicted octanol–water partition coefficient (Wildman–Crippen LogP) is 4.90. The number of carbonyl (C=O) groups excluding carboxylic acids is 1. The van der Waals surface area contributed by atoms with Crippen molar-refractivity contribution in [3.8, 4) is 0 Å². The van der Waals surface area contributed by atoms with Gasteiger partial charge < -0.3 is 4.90 Å². The molecule has 0 bridgehead atoms. The second-order valence-corrected chi connectivity index (χ2v) is 8.14. The van der Waals surface area contributed by atoms with E-state index in [1.54, 1.807) is 0 Å². The van der Waals surface area contributed by atoms with Crippen LogP contribution in [0.15, 0.2) is 42.5 Å². The molecule has 2 aromatic heterocycles. The van der Waals surface area contributed by atoms with Crippen molar-refractivity contribution < 1.29 is 4.79 Å². The van der Waals surface area contributed by atoms with Crippen molar-refractivity contribution in [2.45, 2.75) is 26.3 Å². The molecule has 6 heteroatoms. The van der Waals surface area contributed by atoms with Crippen LogP contribution < -0.4 is 0 Å². The molecule has 1 aliphatic heterocycles. The van der Waals surface area contributed by atoms with E-state index in [0.717, 1.165) is 57.3 Å². The third-order valence-electron chi connectivity index (χ3n) is 4.85. The molecule has 3 aromatic rings. The normalized spacial score (nSPS) is 15.0. The number of nitrogens with zero attached hydrogens (tertiary/aromatic N) is 3. The van der Waals surface area contributed by atoms with E-state index in [1.165, 1.54) is 16.9 Å². The highest BCUT2D eigenvalue weighted by molar-refractivity contribution is 7.20. The van der Waals surface area contributed by atoms with Crippen LogP contribution >= 0.6 is 22.9 Å². The molecule has 0 unspecified atom stereocenters. The Morgan fingerprint density at radius 1 is 1.31 bits per heavy atom. The summed E-state index contributed by atoms with van der Waals surface area (Å²) in [6, 6.07) is 9.77. The highest BCUT2D eigenvalue weighted by atomic mass is 35.5. The highest BCUT2D eigenvalue weighted by Gasteiger charge is 2.23. The number of amides is 1. The van der Waals surface area contributed by atoms with Crippen LogP contribution in [0.5, 0.6) is 0 Å². The summed E-state index contributed by atoms with van der Waals surface area (Å²) in [5, 5.41) is 6.42. The van der Waals surface area contributed by atoms with Gasteiger partial charge in [0.05, 0.1) is 17.1 Å². The average Bonchev–Trinajstić information content (AvgIpc) is 3.19. The maximum absolute atomic E-state index is 12.9. The molecule has 4 rings (SSSR count). The van der Waals surface area contributed by atoms with Gasteiger partial charge in [-0.05, 0) is 37.5 Å². The molecule has 0 saturated carbocycles. The van der Waals surface area contributed by atoms with Crippen LogP contribution in [-0.2, 0) is 6.54 Å². The lowest BCUT2D eigenvalue weighted by molar-refractivity contribution is 0.0749. The van der Waals surface area contributed by atoms with Crippen LogP contribution in [0.3, 0.4) is 0 Å². The molecule has 1 aliphatic rings. The van der Waals surface area contributed by atoms with E-state index in [9.17, 15) is 4.79 Å². The Hall–Kier alpha value is -2.11. The van der Waals surface area contributed by atoms with Crippen LogP contribution in [0.1, 0.15) is 33.8 Å². The lowest BCUT2D eigenvalue weighted by Gasteiger charge is -2.27. The third kappa shape index (κ3) is 3.17. The quantitative estimate of drug-likeness (QED) is 0.601. The van der Waals surface area contributed by atoms with Gasteiger partial charge >= 0.3 is 0 Å². The number of fused-ring (bicyclic) bond motifs is 1. The molecule has 1 saturated heterocycles. The fourth-order valence-electron chi connectivity index (χ4n) is 3.30. The van der Waals surface area contributed by atoms with Crippen molar-refractivity contribution in [3.05, 3.63) is 63.6 Å². The minimum absolute atomic E-state index is 0.113. The summed E-state index contributed by atoms with van der Waals surface area (Å²) in [5.74, 6) is 0.113. The summed E-state index contributed by atoms with van der Waals surface area (Å²) in [5.41, 5.74) is 3.19. The molecule has 3 heterocycles. The highest BCUT2D eigenvalue weighted by Crippen LogP contribution is 2.31. The number of hydrogen-bond acceptors (Lipinski definition) is 3. The van der Waals surface area contributed by atoms with Gasteiger partial charge in [-0.25, -0.2) is 0 Å². The number of halogens is 1. The standard InChI is InChI=1S/C20H20ClN3OS/c1-13-7-9-23(10-8-13)19(25)18-11-16-14(2)22-24(20(16)26-18)12-15-5-3-4-6-17(15)21/h3-6,11H,1,7-10,12H2,2H3. The zero-order valence-electron chi connectivity index (χ0n) is 14.7. The summed E-state index contributed by atoms with van der Waals surface area (Å²) in [6.07, 6.45) is 1.80. The van der Waals surface area contributed by atoms with E-state index in [0.29, 0.717) is 6.54 Å². The Kier molecular flexibility index (Phi) is 4.59. The number of piperidine rings is 1. The van der Waals surface area contributed by atoms with E-state index in [-0.39, 0.29) is 5.91 Å². The number of aryl methyl sites for hydroxylation is 1. The van der Waals surface area contributed by atoms with Crippen LogP contribution in [0.2, 0.25) is 5.02 Å². The Balaban J connectivity index is 1.64. The second-order valence-electron chi connectivity index (χ2n) is 6.71. The van der Waals surface area contributed by atoms with Gasteiger partial charge in [-0.3, -0.25) is 9.48 Å². The van der Waals surface area contributed by atoms with Gasteiger partial charge in [0.1, 0.15) is 4.83 Å². The van der Waals surface area contributed by atoms with E-state index in [4.69, 9.17) is 11.6 Å². The predicted molar refractivity (Wildman–Crippen MR) is 107 cm³/mol. The minimum Gasteiger partial charge on any atom is -0.337 e. The largest absolute Gasteiger partial charge is 0.337 e. The lowest BCUT2D eigenvalue weighted by atomic mass is 10.1. The van der Waals surface area contributed by atoms with Gasteiger partial charge in [-0.1, -0.05) is 42.0 Å². The summed E-state index contributed by atoms with van der Waals surface area (Å²) in [7, 11) is 0. The summed E-state index contributed by atoms with van der Waals surface area (Å²) >= 11 is 7.81. The maximum Gasteiger partial charge on any atom is 0.264 e. The molecule has 0 N–H and O–H groups in total. The molecule has 134 valence electrons. The topological polar surface area (TPSA) is 38.1 Å². The van der Waals surface area contributed by atoms with E-state index < -0.39 is 0 Å².